The Kier molecular flexibility index (Phi) is 4.99. The predicted octanol–water partition coefficient (Wildman–Crippen LogP) is 0.713. The molecular weight excluding hydrogens is 256 g/mol. The molecule has 0 saturated carbocycles. The SMILES string of the molecule is Cc1nn(C)c(C)c1CCC(=O)NCC(F)(F)CO. The summed E-state index contributed by atoms with van der Waals surface area (Å²) in [5.41, 5.74) is 2.77. The standard InChI is InChI=1S/C12H19F2N3O2/c1-8-10(9(2)17(3)16-8)4-5-11(19)15-6-12(13,14)7-18/h18H,4-7H2,1-3H3,(H,15,19). The maximum Gasteiger partial charge on any atom is 0.287 e. The lowest BCUT2D eigenvalue weighted by Crippen LogP contribution is -2.39. The first-order valence-electron chi connectivity index (χ1n) is 6.01. The molecule has 1 amide bonds. The zero-order valence-electron chi connectivity index (χ0n) is 11.3. The van der Waals surface area contributed by atoms with Crippen molar-refractivity contribution >= 4 is 5.91 Å². The average Bonchev–Trinajstić information content (AvgIpc) is 2.59. The second kappa shape index (κ2) is 6.10. The molecule has 0 aliphatic carbocycles. The lowest BCUT2D eigenvalue weighted by molar-refractivity contribution is -0.124. The molecule has 0 aromatic carbocycles. The Morgan fingerprint density at radius 1 is 1.47 bits per heavy atom. The molecular formula is C12H19F2N3O2. The second-order valence-corrected chi connectivity index (χ2v) is 4.56. The fourth-order valence-electron chi connectivity index (χ4n) is 1.79. The number of nitrogens with zero attached hydrogens (tertiary/aromatic N) is 2. The molecule has 19 heavy (non-hydrogen) atoms. The van der Waals surface area contributed by atoms with Gasteiger partial charge in [0.2, 0.25) is 5.91 Å². The van der Waals surface area contributed by atoms with Crippen LogP contribution in [0, 0.1) is 13.8 Å². The van der Waals surface area contributed by atoms with Gasteiger partial charge in [-0.05, 0) is 25.8 Å². The molecule has 1 rings (SSSR count). The van der Waals surface area contributed by atoms with E-state index in [1.54, 1.807) is 4.68 Å². The minimum Gasteiger partial charge on any atom is -0.390 e. The number of aryl methyl sites for hydroxylation is 2. The Morgan fingerprint density at radius 3 is 2.58 bits per heavy atom. The molecule has 0 saturated heterocycles. The van der Waals surface area contributed by atoms with Gasteiger partial charge in [0.1, 0.15) is 6.61 Å². The molecule has 0 aliphatic heterocycles. The third kappa shape index (κ3) is 4.27. The number of amides is 1. The number of hydrogen-bond acceptors (Lipinski definition) is 3. The first-order chi connectivity index (χ1) is 8.76. The predicted molar refractivity (Wildman–Crippen MR) is 66.0 cm³/mol. The van der Waals surface area contributed by atoms with Crippen LogP contribution in [0.2, 0.25) is 0 Å². The van der Waals surface area contributed by atoms with E-state index < -0.39 is 25.0 Å². The fraction of sp³-hybridized carbons (Fsp3) is 0.667. The van der Waals surface area contributed by atoms with Crippen molar-refractivity contribution < 1.29 is 18.7 Å². The van der Waals surface area contributed by atoms with Crippen molar-refractivity contribution in [2.24, 2.45) is 7.05 Å². The number of halogens is 2. The highest BCUT2D eigenvalue weighted by molar-refractivity contribution is 5.76. The summed E-state index contributed by atoms with van der Waals surface area (Å²) in [6.07, 6.45) is 0.580. The molecule has 108 valence electrons. The van der Waals surface area contributed by atoms with E-state index in [-0.39, 0.29) is 6.42 Å². The van der Waals surface area contributed by atoms with Gasteiger partial charge in [0.25, 0.3) is 5.92 Å². The quantitative estimate of drug-likeness (QED) is 0.803. The van der Waals surface area contributed by atoms with Gasteiger partial charge in [0.15, 0.2) is 0 Å². The van der Waals surface area contributed by atoms with Gasteiger partial charge in [-0.25, -0.2) is 8.78 Å². The smallest absolute Gasteiger partial charge is 0.287 e. The third-order valence-electron chi connectivity index (χ3n) is 3.04. The first kappa shape index (κ1) is 15.6. The van der Waals surface area contributed by atoms with E-state index in [2.05, 4.69) is 10.4 Å². The first-order valence-corrected chi connectivity index (χ1v) is 6.01. The molecule has 5 nitrogen and oxygen atoms in total. The van der Waals surface area contributed by atoms with E-state index >= 15 is 0 Å². The Morgan fingerprint density at radius 2 is 2.11 bits per heavy atom. The van der Waals surface area contributed by atoms with Crippen molar-refractivity contribution in [3.63, 3.8) is 0 Å². The Bertz CT molecular complexity index is 458. The number of carbonyl (C=O) groups is 1. The number of nitrogens with one attached hydrogen (secondary N) is 1. The van der Waals surface area contributed by atoms with Crippen LogP contribution in [0.1, 0.15) is 23.4 Å². The van der Waals surface area contributed by atoms with Gasteiger partial charge in [-0.3, -0.25) is 9.48 Å². The summed E-state index contributed by atoms with van der Waals surface area (Å²) >= 11 is 0. The average molecular weight is 275 g/mol. The van der Waals surface area contributed by atoms with Crippen LogP contribution in [0.5, 0.6) is 0 Å². The van der Waals surface area contributed by atoms with Crippen molar-refractivity contribution in [1.29, 1.82) is 0 Å². The number of alkyl halides is 2. The molecule has 1 aromatic heterocycles. The molecule has 0 aliphatic rings. The molecule has 0 radical (unpaired) electrons. The summed E-state index contributed by atoms with van der Waals surface area (Å²) in [4.78, 5) is 11.5. The van der Waals surface area contributed by atoms with Gasteiger partial charge in [-0.15, -0.1) is 0 Å². The van der Waals surface area contributed by atoms with Crippen LogP contribution >= 0.6 is 0 Å². The van der Waals surface area contributed by atoms with Crippen molar-refractivity contribution in [3.05, 3.63) is 17.0 Å². The number of aromatic nitrogens is 2. The van der Waals surface area contributed by atoms with Crippen molar-refractivity contribution in [2.75, 3.05) is 13.2 Å². The zero-order valence-corrected chi connectivity index (χ0v) is 11.3. The number of hydrogen-bond donors (Lipinski definition) is 2. The van der Waals surface area contributed by atoms with Gasteiger partial charge >= 0.3 is 0 Å². The summed E-state index contributed by atoms with van der Waals surface area (Å²) in [5.74, 6) is -3.73. The summed E-state index contributed by atoms with van der Waals surface area (Å²) in [7, 11) is 1.81. The van der Waals surface area contributed by atoms with Crippen LogP contribution in [-0.2, 0) is 18.3 Å². The zero-order chi connectivity index (χ0) is 14.6. The van der Waals surface area contributed by atoms with Crippen LogP contribution < -0.4 is 5.32 Å². The monoisotopic (exact) mass is 275 g/mol. The van der Waals surface area contributed by atoms with Crippen molar-refractivity contribution in [3.8, 4) is 0 Å². The molecule has 0 bridgehead atoms. The molecule has 1 aromatic rings. The van der Waals surface area contributed by atoms with Gasteiger partial charge in [-0.2, -0.15) is 5.10 Å². The van der Waals surface area contributed by atoms with Crippen LogP contribution in [0.3, 0.4) is 0 Å². The highest BCUT2D eigenvalue weighted by Gasteiger charge is 2.28. The Balaban J connectivity index is 2.47. The van der Waals surface area contributed by atoms with Crippen LogP contribution in [0.15, 0.2) is 0 Å². The van der Waals surface area contributed by atoms with E-state index in [4.69, 9.17) is 5.11 Å². The molecule has 0 fully saturated rings. The van der Waals surface area contributed by atoms with Crippen LogP contribution in [0.4, 0.5) is 8.78 Å². The minimum absolute atomic E-state index is 0.120. The topological polar surface area (TPSA) is 67.2 Å². The molecule has 2 N–H and O–H groups in total. The van der Waals surface area contributed by atoms with E-state index in [0.29, 0.717) is 6.42 Å². The van der Waals surface area contributed by atoms with Gasteiger partial charge in [-0.1, -0.05) is 0 Å². The van der Waals surface area contributed by atoms with Gasteiger partial charge < -0.3 is 10.4 Å². The molecule has 0 spiro atoms. The van der Waals surface area contributed by atoms with E-state index in [1.165, 1.54) is 0 Å². The largest absolute Gasteiger partial charge is 0.390 e. The van der Waals surface area contributed by atoms with Gasteiger partial charge in [0.05, 0.1) is 12.2 Å². The molecule has 7 heteroatoms. The number of carbonyl (C=O) groups excluding carboxylic acids is 1. The molecule has 0 atom stereocenters. The highest BCUT2D eigenvalue weighted by Crippen LogP contribution is 2.14. The maximum absolute atomic E-state index is 12.7. The molecule has 0 unspecified atom stereocenters. The van der Waals surface area contributed by atoms with Crippen molar-refractivity contribution in [1.82, 2.24) is 15.1 Å². The number of aliphatic hydroxyl groups excluding tert-OH is 1. The highest BCUT2D eigenvalue weighted by atomic mass is 19.3. The van der Waals surface area contributed by atoms with Gasteiger partial charge in [0, 0.05) is 19.2 Å². The van der Waals surface area contributed by atoms with E-state index in [0.717, 1.165) is 17.0 Å². The summed E-state index contributed by atoms with van der Waals surface area (Å²) in [6, 6.07) is 0. The van der Waals surface area contributed by atoms with E-state index in [9.17, 15) is 13.6 Å². The normalized spacial score (nSPS) is 11.7. The Labute approximate surface area is 110 Å². The van der Waals surface area contributed by atoms with Crippen LogP contribution in [0.25, 0.3) is 0 Å². The minimum atomic E-state index is -3.27. The fourth-order valence-corrected chi connectivity index (χ4v) is 1.79. The third-order valence-corrected chi connectivity index (χ3v) is 3.04. The number of aliphatic hydroxyl groups is 1. The Hall–Kier alpha value is -1.50. The maximum atomic E-state index is 12.7. The lowest BCUT2D eigenvalue weighted by Gasteiger charge is -2.13. The van der Waals surface area contributed by atoms with E-state index in [1.807, 2.05) is 20.9 Å². The molecule has 1 heterocycles. The lowest BCUT2D eigenvalue weighted by atomic mass is 10.1. The second-order valence-electron chi connectivity index (χ2n) is 4.56. The summed E-state index contributed by atoms with van der Waals surface area (Å²) < 4.78 is 27.2. The van der Waals surface area contributed by atoms with Crippen LogP contribution in [-0.4, -0.2) is 39.9 Å². The summed E-state index contributed by atoms with van der Waals surface area (Å²) in [5, 5.41) is 14.7. The number of rotatable bonds is 6. The summed E-state index contributed by atoms with van der Waals surface area (Å²) in [6.45, 7) is 1.63. The van der Waals surface area contributed by atoms with Crippen molar-refractivity contribution in [2.45, 2.75) is 32.6 Å².